The van der Waals surface area contributed by atoms with Crippen molar-refractivity contribution >= 4 is 0 Å². The Balaban J connectivity index is 1.43. The zero-order valence-corrected chi connectivity index (χ0v) is 11.7. The topological polar surface area (TPSA) is 51.0 Å². The summed E-state index contributed by atoms with van der Waals surface area (Å²) in [6, 6.07) is 0.758. The molecule has 0 spiro atoms. The number of hydrogen-bond acceptors (Lipinski definition) is 4. The van der Waals surface area contributed by atoms with E-state index in [-0.39, 0.29) is 0 Å². The molecule has 3 rings (SSSR count). The summed E-state index contributed by atoms with van der Waals surface area (Å²) in [5.74, 6) is 2.42. The summed E-state index contributed by atoms with van der Waals surface area (Å²) in [7, 11) is 0. The Bertz CT molecular complexity index is 378. The molecule has 19 heavy (non-hydrogen) atoms. The molecule has 2 saturated carbocycles. The van der Waals surface area contributed by atoms with Gasteiger partial charge in [-0.3, -0.25) is 0 Å². The van der Waals surface area contributed by atoms with Crippen molar-refractivity contribution in [3.8, 4) is 0 Å². The van der Waals surface area contributed by atoms with Crippen molar-refractivity contribution in [3.63, 3.8) is 0 Å². The summed E-state index contributed by atoms with van der Waals surface area (Å²) in [5, 5.41) is 11.9. The van der Waals surface area contributed by atoms with Crippen LogP contribution in [0, 0.1) is 5.92 Å². The van der Waals surface area contributed by atoms with Crippen LogP contribution >= 0.6 is 0 Å². The predicted octanol–water partition coefficient (Wildman–Crippen LogP) is 2.88. The molecule has 2 aliphatic carbocycles. The molecule has 0 amide bonds. The van der Waals surface area contributed by atoms with Gasteiger partial charge in [-0.15, -0.1) is 10.2 Å². The van der Waals surface area contributed by atoms with E-state index in [2.05, 4.69) is 15.5 Å². The fourth-order valence-corrected chi connectivity index (χ4v) is 2.96. The van der Waals surface area contributed by atoms with E-state index in [9.17, 15) is 0 Å². The molecule has 0 aromatic carbocycles. The zero-order chi connectivity index (χ0) is 12.9. The fourth-order valence-electron chi connectivity index (χ4n) is 2.96. The molecule has 0 bridgehead atoms. The standard InChI is InChI=1S/C15H25N3O/c1-2-4-6-12(5-3-1)11-15-18-17-14(19-15)9-10-16-13-7-8-13/h12-13,16H,1-11H2. The van der Waals surface area contributed by atoms with Gasteiger partial charge in [0, 0.05) is 25.4 Å². The van der Waals surface area contributed by atoms with Crippen molar-refractivity contribution in [1.82, 2.24) is 15.5 Å². The smallest absolute Gasteiger partial charge is 0.217 e. The van der Waals surface area contributed by atoms with Gasteiger partial charge in [0.1, 0.15) is 0 Å². The largest absolute Gasteiger partial charge is 0.425 e. The first kappa shape index (κ1) is 13.1. The molecule has 106 valence electrons. The van der Waals surface area contributed by atoms with Crippen LogP contribution in [0.3, 0.4) is 0 Å². The molecule has 2 fully saturated rings. The van der Waals surface area contributed by atoms with Crippen molar-refractivity contribution in [2.24, 2.45) is 5.92 Å². The zero-order valence-electron chi connectivity index (χ0n) is 11.7. The van der Waals surface area contributed by atoms with Crippen LogP contribution in [0.15, 0.2) is 4.42 Å². The summed E-state index contributed by atoms with van der Waals surface area (Å²) < 4.78 is 5.77. The molecule has 1 heterocycles. The SMILES string of the molecule is C1CCCC(Cc2nnc(CCNC3CC3)o2)CC1. The van der Waals surface area contributed by atoms with Crippen LogP contribution in [0.5, 0.6) is 0 Å². The summed E-state index contributed by atoms with van der Waals surface area (Å²) in [6.45, 7) is 0.968. The lowest BCUT2D eigenvalue weighted by Crippen LogP contribution is -2.19. The molecule has 0 atom stereocenters. The van der Waals surface area contributed by atoms with E-state index >= 15 is 0 Å². The molecule has 4 heteroatoms. The third-order valence-corrected chi connectivity index (χ3v) is 4.30. The molecule has 0 radical (unpaired) electrons. The second-order valence-electron chi connectivity index (χ2n) is 6.13. The summed E-state index contributed by atoms with van der Waals surface area (Å²) in [5.41, 5.74) is 0. The maximum absolute atomic E-state index is 5.77. The molecule has 4 nitrogen and oxygen atoms in total. The van der Waals surface area contributed by atoms with Gasteiger partial charge in [-0.25, -0.2) is 0 Å². The van der Waals surface area contributed by atoms with Crippen LogP contribution in [-0.4, -0.2) is 22.8 Å². The second kappa shape index (κ2) is 6.51. The number of nitrogens with one attached hydrogen (secondary N) is 1. The Labute approximate surface area is 115 Å². The van der Waals surface area contributed by atoms with Gasteiger partial charge in [-0.1, -0.05) is 25.7 Å². The quantitative estimate of drug-likeness (QED) is 0.802. The second-order valence-corrected chi connectivity index (χ2v) is 6.13. The van der Waals surface area contributed by atoms with Gasteiger partial charge in [0.05, 0.1) is 0 Å². The van der Waals surface area contributed by atoms with E-state index in [1.165, 1.54) is 51.4 Å². The molecule has 2 aliphatic rings. The lowest BCUT2D eigenvalue weighted by molar-refractivity contribution is 0.378. The first-order valence-corrected chi connectivity index (χ1v) is 7.95. The van der Waals surface area contributed by atoms with Crippen molar-refractivity contribution in [2.75, 3.05) is 6.54 Å². The highest BCUT2D eigenvalue weighted by atomic mass is 16.4. The van der Waals surface area contributed by atoms with E-state index in [1.54, 1.807) is 0 Å². The number of rotatable bonds is 6. The maximum Gasteiger partial charge on any atom is 0.217 e. The first-order chi connectivity index (χ1) is 9.40. The monoisotopic (exact) mass is 263 g/mol. The molecule has 0 saturated heterocycles. The van der Waals surface area contributed by atoms with Gasteiger partial charge >= 0.3 is 0 Å². The van der Waals surface area contributed by atoms with Crippen LogP contribution in [0.25, 0.3) is 0 Å². The number of nitrogens with zero attached hydrogens (tertiary/aromatic N) is 2. The highest BCUT2D eigenvalue weighted by molar-refractivity contribution is 4.87. The van der Waals surface area contributed by atoms with Crippen molar-refractivity contribution in [1.29, 1.82) is 0 Å². The molecule has 1 aromatic rings. The average molecular weight is 263 g/mol. The van der Waals surface area contributed by atoms with Crippen LogP contribution in [-0.2, 0) is 12.8 Å². The van der Waals surface area contributed by atoms with Gasteiger partial charge in [0.2, 0.25) is 11.8 Å². The first-order valence-electron chi connectivity index (χ1n) is 7.95. The van der Waals surface area contributed by atoms with Crippen LogP contribution in [0.1, 0.15) is 63.1 Å². The van der Waals surface area contributed by atoms with E-state index in [1.807, 2.05) is 0 Å². The Morgan fingerprint density at radius 1 is 0.947 bits per heavy atom. The van der Waals surface area contributed by atoms with Crippen LogP contribution in [0.2, 0.25) is 0 Å². The molecular formula is C15H25N3O. The van der Waals surface area contributed by atoms with Gasteiger partial charge in [0.15, 0.2) is 0 Å². The van der Waals surface area contributed by atoms with Crippen molar-refractivity contribution < 1.29 is 4.42 Å². The fraction of sp³-hybridized carbons (Fsp3) is 0.867. The third-order valence-electron chi connectivity index (χ3n) is 4.30. The Morgan fingerprint density at radius 3 is 2.42 bits per heavy atom. The highest BCUT2D eigenvalue weighted by Crippen LogP contribution is 2.25. The Morgan fingerprint density at radius 2 is 1.68 bits per heavy atom. The Hall–Kier alpha value is -0.900. The summed E-state index contributed by atoms with van der Waals surface area (Å²) in [4.78, 5) is 0. The minimum atomic E-state index is 0.758. The summed E-state index contributed by atoms with van der Waals surface area (Å²) in [6.07, 6.45) is 12.7. The lowest BCUT2D eigenvalue weighted by Gasteiger charge is -2.10. The molecular weight excluding hydrogens is 238 g/mol. The maximum atomic E-state index is 5.77. The van der Waals surface area contributed by atoms with Gasteiger partial charge in [0.25, 0.3) is 0 Å². The highest BCUT2D eigenvalue weighted by Gasteiger charge is 2.20. The average Bonchev–Trinajstić information content (AvgIpc) is 3.17. The van der Waals surface area contributed by atoms with E-state index < -0.39 is 0 Å². The lowest BCUT2D eigenvalue weighted by atomic mass is 9.97. The molecule has 0 unspecified atom stereocenters. The normalized spacial score (nSPS) is 21.5. The van der Waals surface area contributed by atoms with Crippen LogP contribution in [0.4, 0.5) is 0 Å². The van der Waals surface area contributed by atoms with Crippen LogP contribution < -0.4 is 5.32 Å². The third kappa shape index (κ3) is 4.30. The predicted molar refractivity (Wildman–Crippen MR) is 73.9 cm³/mol. The van der Waals surface area contributed by atoms with E-state index in [0.29, 0.717) is 0 Å². The summed E-state index contributed by atoms with van der Waals surface area (Å²) >= 11 is 0. The molecule has 0 aliphatic heterocycles. The Kier molecular flexibility index (Phi) is 4.49. The van der Waals surface area contributed by atoms with E-state index in [4.69, 9.17) is 4.42 Å². The molecule has 1 N–H and O–H groups in total. The minimum absolute atomic E-state index is 0.758. The van der Waals surface area contributed by atoms with Gasteiger partial charge in [-0.2, -0.15) is 0 Å². The van der Waals surface area contributed by atoms with Crippen molar-refractivity contribution in [3.05, 3.63) is 11.8 Å². The van der Waals surface area contributed by atoms with Crippen molar-refractivity contribution in [2.45, 2.75) is 70.3 Å². The minimum Gasteiger partial charge on any atom is -0.425 e. The molecule has 1 aromatic heterocycles. The van der Waals surface area contributed by atoms with E-state index in [0.717, 1.165) is 43.1 Å². The number of aromatic nitrogens is 2. The van der Waals surface area contributed by atoms with Gasteiger partial charge < -0.3 is 9.73 Å². The number of hydrogen-bond donors (Lipinski definition) is 1. The van der Waals surface area contributed by atoms with Gasteiger partial charge in [-0.05, 0) is 31.6 Å².